The van der Waals surface area contributed by atoms with E-state index >= 15 is 0 Å². The van der Waals surface area contributed by atoms with Gasteiger partial charge in [0, 0.05) is 24.9 Å². The summed E-state index contributed by atoms with van der Waals surface area (Å²) < 4.78 is 4.91. The molecule has 29 heavy (non-hydrogen) atoms. The molecule has 0 atom stereocenters. The Morgan fingerprint density at radius 1 is 1.03 bits per heavy atom. The standard InChI is InChI=1S/C23H27ClN2O3/c1-29-14-13-25-23(28)20-12-11-19(15-21(20)24)26-22(27)18-9-7-17(8-10-18)16-5-3-2-4-6-16/h7-12,15-16H,2-6,13-14H2,1H3,(H,25,28)(H,26,27). The molecule has 1 aliphatic rings. The van der Waals surface area contributed by atoms with Crippen molar-refractivity contribution in [2.75, 3.05) is 25.6 Å². The minimum atomic E-state index is -0.275. The summed E-state index contributed by atoms with van der Waals surface area (Å²) in [6, 6.07) is 12.7. The number of hydrogen-bond acceptors (Lipinski definition) is 3. The average molecular weight is 415 g/mol. The number of rotatable bonds is 7. The third-order valence-electron chi connectivity index (χ3n) is 5.31. The van der Waals surface area contributed by atoms with Gasteiger partial charge in [0.25, 0.3) is 11.8 Å². The quantitative estimate of drug-likeness (QED) is 0.625. The molecule has 0 aromatic heterocycles. The Bertz CT molecular complexity index is 846. The Hall–Kier alpha value is -2.37. The van der Waals surface area contributed by atoms with Crippen LogP contribution < -0.4 is 10.6 Å². The number of nitrogens with one attached hydrogen (secondary N) is 2. The van der Waals surface area contributed by atoms with E-state index in [2.05, 4.69) is 22.8 Å². The van der Waals surface area contributed by atoms with E-state index < -0.39 is 0 Å². The molecule has 0 radical (unpaired) electrons. The van der Waals surface area contributed by atoms with Crippen LogP contribution in [0.15, 0.2) is 42.5 Å². The maximum atomic E-state index is 12.6. The highest BCUT2D eigenvalue weighted by Crippen LogP contribution is 2.32. The van der Waals surface area contributed by atoms with Gasteiger partial charge in [-0.3, -0.25) is 9.59 Å². The minimum absolute atomic E-state index is 0.200. The highest BCUT2D eigenvalue weighted by atomic mass is 35.5. The molecule has 1 fully saturated rings. The molecule has 154 valence electrons. The molecule has 2 N–H and O–H groups in total. The molecule has 6 heteroatoms. The molecule has 2 aromatic rings. The number of ether oxygens (including phenoxy) is 1. The Morgan fingerprint density at radius 2 is 1.76 bits per heavy atom. The van der Waals surface area contributed by atoms with E-state index in [-0.39, 0.29) is 16.8 Å². The number of carbonyl (C=O) groups excluding carboxylic acids is 2. The fraction of sp³-hybridized carbons (Fsp3) is 0.391. The van der Waals surface area contributed by atoms with Crippen molar-refractivity contribution in [3.05, 3.63) is 64.2 Å². The Morgan fingerprint density at radius 3 is 2.41 bits per heavy atom. The van der Waals surface area contributed by atoms with Gasteiger partial charge < -0.3 is 15.4 Å². The zero-order valence-corrected chi connectivity index (χ0v) is 17.4. The molecule has 0 unspecified atom stereocenters. The summed E-state index contributed by atoms with van der Waals surface area (Å²) in [5, 5.41) is 5.85. The van der Waals surface area contributed by atoms with Crippen LogP contribution in [-0.2, 0) is 4.74 Å². The summed E-state index contributed by atoms with van der Waals surface area (Å²) in [6.07, 6.45) is 6.36. The van der Waals surface area contributed by atoms with Crippen molar-refractivity contribution >= 4 is 29.1 Å². The van der Waals surface area contributed by atoms with Gasteiger partial charge >= 0.3 is 0 Å². The van der Waals surface area contributed by atoms with Crippen molar-refractivity contribution in [1.29, 1.82) is 0 Å². The van der Waals surface area contributed by atoms with Gasteiger partial charge in [0.15, 0.2) is 0 Å². The second-order valence-electron chi connectivity index (χ2n) is 7.35. The lowest BCUT2D eigenvalue weighted by Crippen LogP contribution is -2.27. The third-order valence-corrected chi connectivity index (χ3v) is 5.63. The summed E-state index contributed by atoms with van der Waals surface area (Å²) in [6.45, 7) is 0.831. The van der Waals surface area contributed by atoms with E-state index in [4.69, 9.17) is 16.3 Å². The molecule has 3 rings (SSSR count). The second kappa shape index (κ2) is 10.4. The smallest absolute Gasteiger partial charge is 0.255 e. The van der Waals surface area contributed by atoms with Gasteiger partial charge in [0.05, 0.1) is 17.2 Å². The van der Waals surface area contributed by atoms with Crippen molar-refractivity contribution in [3.8, 4) is 0 Å². The van der Waals surface area contributed by atoms with Crippen LogP contribution in [0.3, 0.4) is 0 Å². The first-order chi connectivity index (χ1) is 14.1. The van der Waals surface area contributed by atoms with E-state index in [1.54, 1.807) is 25.3 Å². The fourth-order valence-electron chi connectivity index (χ4n) is 3.68. The summed E-state index contributed by atoms with van der Waals surface area (Å²) >= 11 is 6.23. The molecule has 0 saturated heterocycles. The van der Waals surface area contributed by atoms with Gasteiger partial charge in [0.1, 0.15) is 0 Å². The number of benzene rings is 2. The maximum absolute atomic E-state index is 12.6. The molecule has 0 spiro atoms. The number of hydrogen-bond donors (Lipinski definition) is 2. The van der Waals surface area contributed by atoms with Gasteiger partial charge in [-0.25, -0.2) is 0 Å². The SMILES string of the molecule is COCCNC(=O)c1ccc(NC(=O)c2ccc(C3CCCCC3)cc2)cc1Cl. The van der Waals surface area contributed by atoms with E-state index in [1.165, 1.54) is 37.7 Å². The van der Waals surface area contributed by atoms with Crippen LogP contribution >= 0.6 is 11.6 Å². The Kier molecular flexibility index (Phi) is 7.67. The predicted molar refractivity (Wildman–Crippen MR) is 116 cm³/mol. The molecule has 1 saturated carbocycles. The van der Waals surface area contributed by atoms with E-state index in [9.17, 15) is 9.59 Å². The lowest BCUT2D eigenvalue weighted by molar-refractivity contribution is 0.0937. The first-order valence-corrected chi connectivity index (χ1v) is 10.4. The second-order valence-corrected chi connectivity index (χ2v) is 7.76. The number of anilines is 1. The zero-order valence-electron chi connectivity index (χ0n) is 16.7. The van der Waals surface area contributed by atoms with Gasteiger partial charge in [-0.1, -0.05) is 43.0 Å². The van der Waals surface area contributed by atoms with Crippen molar-refractivity contribution in [1.82, 2.24) is 5.32 Å². The molecule has 2 aromatic carbocycles. The highest BCUT2D eigenvalue weighted by molar-refractivity contribution is 6.34. The van der Waals surface area contributed by atoms with Gasteiger partial charge in [-0.2, -0.15) is 0 Å². The molecule has 2 amide bonds. The van der Waals surface area contributed by atoms with E-state index in [1.807, 2.05) is 12.1 Å². The normalized spacial score (nSPS) is 14.4. The van der Waals surface area contributed by atoms with Crippen molar-refractivity contribution < 1.29 is 14.3 Å². The first kappa shape index (κ1) is 21.3. The number of halogens is 1. The Labute approximate surface area is 176 Å². The van der Waals surface area contributed by atoms with Crippen molar-refractivity contribution in [3.63, 3.8) is 0 Å². The van der Waals surface area contributed by atoms with Gasteiger partial charge in [-0.15, -0.1) is 0 Å². The minimum Gasteiger partial charge on any atom is -0.383 e. The summed E-state index contributed by atoms with van der Waals surface area (Å²) in [7, 11) is 1.57. The van der Waals surface area contributed by atoms with Crippen molar-refractivity contribution in [2.24, 2.45) is 0 Å². The summed E-state index contributed by atoms with van der Waals surface area (Å²) in [5.41, 5.74) is 2.82. The van der Waals surface area contributed by atoms with Crippen LogP contribution in [-0.4, -0.2) is 32.1 Å². The topological polar surface area (TPSA) is 67.4 Å². The zero-order chi connectivity index (χ0) is 20.6. The molecule has 0 bridgehead atoms. The van der Waals surface area contributed by atoms with Crippen LogP contribution in [0.25, 0.3) is 0 Å². The molecule has 0 aliphatic heterocycles. The van der Waals surface area contributed by atoms with Crippen LogP contribution in [0, 0.1) is 0 Å². The molecule has 0 heterocycles. The van der Waals surface area contributed by atoms with Gasteiger partial charge in [0.2, 0.25) is 0 Å². The maximum Gasteiger partial charge on any atom is 0.255 e. The molecule has 1 aliphatic carbocycles. The van der Waals surface area contributed by atoms with Crippen LogP contribution in [0.5, 0.6) is 0 Å². The van der Waals surface area contributed by atoms with Crippen LogP contribution in [0.4, 0.5) is 5.69 Å². The predicted octanol–water partition coefficient (Wildman–Crippen LogP) is 5.02. The Balaban J connectivity index is 1.61. The van der Waals surface area contributed by atoms with E-state index in [0.717, 1.165) is 0 Å². The number of carbonyl (C=O) groups is 2. The summed E-state index contributed by atoms with van der Waals surface area (Å²) in [4.78, 5) is 24.7. The number of methoxy groups -OCH3 is 1. The molecular weight excluding hydrogens is 388 g/mol. The number of amides is 2. The average Bonchev–Trinajstić information content (AvgIpc) is 2.74. The monoisotopic (exact) mass is 414 g/mol. The van der Waals surface area contributed by atoms with Gasteiger partial charge in [-0.05, 0) is 54.7 Å². The highest BCUT2D eigenvalue weighted by Gasteiger charge is 2.16. The summed E-state index contributed by atoms with van der Waals surface area (Å²) in [5.74, 6) is 0.138. The van der Waals surface area contributed by atoms with Crippen LogP contribution in [0.1, 0.15) is 64.3 Å². The molecule has 5 nitrogen and oxygen atoms in total. The lowest BCUT2D eigenvalue weighted by Gasteiger charge is -2.22. The largest absolute Gasteiger partial charge is 0.383 e. The van der Waals surface area contributed by atoms with Crippen LogP contribution in [0.2, 0.25) is 5.02 Å². The third kappa shape index (κ3) is 5.81. The lowest BCUT2D eigenvalue weighted by atomic mass is 9.84. The fourth-order valence-corrected chi connectivity index (χ4v) is 3.95. The van der Waals surface area contributed by atoms with E-state index in [0.29, 0.717) is 35.9 Å². The van der Waals surface area contributed by atoms with Crippen molar-refractivity contribution in [2.45, 2.75) is 38.0 Å². The molecular formula is C23H27ClN2O3. The first-order valence-electron chi connectivity index (χ1n) is 10.1.